The molecule has 0 radical (unpaired) electrons. The van der Waals surface area contributed by atoms with Gasteiger partial charge in [0.1, 0.15) is 5.75 Å². The molecule has 25 heavy (non-hydrogen) atoms. The van der Waals surface area contributed by atoms with E-state index in [4.69, 9.17) is 17.0 Å². The van der Waals surface area contributed by atoms with Gasteiger partial charge >= 0.3 is 0 Å². The Morgan fingerprint density at radius 1 is 1.32 bits per heavy atom. The quantitative estimate of drug-likeness (QED) is 0.590. The molecule has 0 bridgehead atoms. The average Bonchev–Trinajstić information content (AvgIpc) is 3.00. The zero-order chi connectivity index (χ0) is 17.6. The molecule has 0 spiro atoms. The molecule has 0 saturated heterocycles. The van der Waals surface area contributed by atoms with E-state index in [1.54, 1.807) is 4.68 Å². The highest BCUT2D eigenvalue weighted by Crippen LogP contribution is 2.31. The molecule has 1 fully saturated rings. The topological polar surface area (TPSA) is 55.2 Å². The summed E-state index contributed by atoms with van der Waals surface area (Å²) in [5.74, 6) is 2.70. The standard InChI is InChI=1S/C19H26N4OS/c1-14(2)13-24-17-11-7-6-10-16(17)12-20-23-18(21-22-19(23)25)15-8-4-3-5-9-15/h6-7,10-12,14-15H,3-5,8-9,13H2,1-2H3,(H,22,25)/b20-12-. The van der Waals surface area contributed by atoms with Crippen LogP contribution in [0.4, 0.5) is 0 Å². The minimum Gasteiger partial charge on any atom is -0.493 e. The van der Waals surface area contributed by atoms with Gasteiger partial charge in [0.05, 0.1) is 12.8 Å². The van der Waals surface area contributed by atoms with Gasteiger partial charge in [-0.1, -0.05) is 45.2 Å². The van der Waals surface area contributed by atoms with E-state index < -0.39 is 0 Å². The molecule has 0 amide bonds. The molecule has 1 N–H and O–H groups in total. The molecular weight excluding hydrogens is 332 g/mol. The highest BCUT2D eigenvalue weighted by atomic mass is 32.1. The highest BCUT2D eigenvalue weighted by Gasteiger charge is 2.21. The number of aromatic amines is 1. The summed E-state index contributed by atoms with van der Waals surface area (Å²) in [6, 6.07) is 7.94. The summed E-state index contributed by atoms with van der Waals surface area (Å²) >= 11 is 5.38. The van der Waals surface area contributed by atoms with Crippen LogP contribution in [0.25, 0.3) is 0 Å². The lowest BCUT2D eigenvalue weighted by Crippen LogP contribution is -2.10. The molecule has 1 aromatic carbocycles. The Hall–Kier alpha value is -1.95. The van der Waals surface area contributed by atoms with Gasteiger partial charge in [-0.3, -0.25) is 5.10 Å². The fourth-order valence-corrected chi connectivity index (χ4v) is 3.32. The maximum atomic E-state index is 5.90. The van der Waals surface area contributed by atoms with E-state index >= 15 is 0 Å². The van der Waals surface area contributed by atoms with Crippen molar-refractivity contribution in [2.45, 2.75) is 51.9 Å². The number of nitrogens with zero attached hydrogens (tertiary/aromatic N) is 3. The molecule has 0 atom stereocenters. The maximum absolute atomic E-state index is 5.90. The van der Waals surface area contributed by atoms with Crippen LogP contribution in [0.15, 0.2) is 29.4 Å². The van der Waals surface area contributed by atoms with Gasteiger partial charge in [0.15, 0.2) is 5.82 Å². The summed E-state index contributed by atoms with van der Waals surface area (Å²) in [5, 5.41) is 11.9. The number of ether oxygens (including phenoxy) is 1. The molecule has 134 valence electrons. The normalized spacial score (nSPS) is 16.0. The van der Waals surface area contributed by atoms with Crippen molar-refractivity contribution >= 4 is 18.4 Å². The van der Waals surface area contributed by atoms with Crippen molar-refractivity contribution in [3.8, 4) is 5.75 Å². The molecule has 1 heterocycles. The summed E-state index contributed by atoms with van der Waals surface area (Å²) in [4.78, 5) is 0. The molecule has 1 saturated carbocycles. The van der Waals surface area contributed by atoms with Gasteiger partial charge in [0.25, 0.3) is 0 Å². The largest absolute Gasteiger partial charge is 0.493 e. The minimum absolute atomic E-state index is 0.436. The Bertz CT molecular complexity index is 772. The van der Waals surface area contributed by atoms with Gasteiger partial charge in [-0.25, -0.2) is 0 Å². The van der Waals surface area contributed by atoms with Gasteiger partial charge in [0.2, 0.25) is 4.77 Å². The van der Waals surface area contributed by atoms with Gasteiger partial charge < -0.3 is 4.74 Å². The van der Waals surface area contributed by atoms with Crippen LogP contribution in [-0.4, -0.2) is 27.7 Å². The second-order valence-corrected chi connectivity index (χ2v) is 7.41. The van der Waals surface area contributed by atoms with Crippen LogP contribution in [0, 0.1) is 10.7 Å². The van der Waals surface area contributed by atoms with Crippen molar-refractivity contribution in [3.63, 3.8) is 0 Å². The lowest BCUT2D eigenvalue weighted by atomic mass is 9.89. The monoisotopic (exact) mass is 358 g/mol. The van der Waals surface area contributed by atoms with Crippen molar-refractivity contribution in [2.24, 2.45) is 11.0 Å². The average molecular weight is 359 g/mol. The van der Waals surface area contributed by atoms with Crippen LogP contribution in [0.1, 0.15) is 63.3 Å². The van der Waals surface area contributed by atoms with Crippen molar-refractivity contribution < 1.29 is 4.74 Å². The van der Waals surface area contributed by atoms with E-state index in [0.717, 1.165) is 30.0 Å². The second-order valence-electron chi connectivity index (χ2n) is 7.02. The number of hydrogen-bond acceptors (Lipinski definition) is 4. The molecule has 0 unspecified atom stereocenters. The van der Waals surface area contributed by atoms with Crippen LogP contribution in [0.2, 0.25) is 0 Å². The molecule has 3 rings (SSSR count). The molecule has 1 aliphatic rings. The van der Waals surface area contributed by atoms with Crippen LogP contribution in [0.3, 0.4) is 0 Å². The zero-order valence-electron chi connectivity index (χ0n) is 14.9. The van der Waals surface area contributed by atoms with Crippen LogP contribution in [0.5, 0.6) is 5.75 Å². The molecular formula is C19H26N4OS. The lowest BCUT2D eigenvalue weighted by Gasteiger charge is -2.19. The maximum Gasteiger partial charge on any atom is 0.216 e. The highest BCUT2D eigenvalue weighted by molar-refractivity contribution is 7.71. The molecule has 0 aliphatic heterocycles. The predicted octanol–water partition coefficient (Wildman–Crippen LogP) is 4.91. The molecule has 6 heteroatoms. The molecule has 2 aromatic rings. The van der Waals surface area contributed by atoms with Crippen LogP contribution in [-0.2, 0) is 0 Å². The lowest BCUT2D eigenvalue weighted by molar-refractivity contribution is 0.270. The second kappa shape index (κ2) is 8.43. The van der Waals surface area contributed by atoms with Crippen molar-refractivity contribution in [1.29, 1.82) is 0 Å². The first-order valence-corrected chi connectivity index (χ1v) is 9.49. The fraction of sp³-hybridized carbons (Fsp3) is 0.526. The SMILES string of the molecule is CC(C)COc1ccccc1/C=N\n1c(C2CCCCC2)n[nH]c1=S. The molecule has 1 aliphatic carbocycles. The van der Waals surface area contributed by atoms with E-state index in [1.165, 1.54) is 19.3 Å². The summed E-state index contributed by atoms with van der Waals surface area (Å²) < 4.78 is 8.20. The molecule has 5 nitrogen and oxygen atoms in total. The third kappa shape index (κ3) is 4.57. The van der Waals surface area contributed by atoms with Gasteiger partial charge in [-0.2, -0.15) is 14.9 Å². The Balaban J connectivity index is 1.83. The van der Waals surface area contributed by atoms with Gasteiger partial charge in [0, 0.05) is 11.5 Å². The van der Waals surface area contributed by atoms with Crippen LogP contribution < -0.4 is 4.74 Å². The van der Waals surface area contributed by atoms with E-state index in [1.807, 2.05) is 30.5 Å². The van der Waals surface area contributed by atoms with Crippen molar-refractivity contribution in [1.82, 2.24) is 14.9 Å². The number of rotatable bonds is 6. The summed E-state index contributed by atoms with van der Waals surface area (Å²) in [6.07, 6.45) is 7.94. The fourth-order valence-electron chi connectivity index (χ4n) is 3.14. The van der Waals surface area contributed by atoms with E-state index in [9.17, 15) is 0 Å². The first-order chi connectivity index (χ1) is 12.1. The number of benzene rings is 1. The number of para-hydroxylation sites is 1. The summed E-state index contributed by atoms with van der Waals surface area (Å²) in [5.41, 5.74) is 0.945. The van der Waals surface area contributed by atoms with Gasteiger partial charge in [-0.15, -0.1) is 0 Å². The first-order valence-electron chi connectivity index (χ1n) is 9.08. The summed E-state index contributed by atoms with van der Waals surface area (Å²) in [7, 11) is 0. The number of H-pyrrole nitrogens is 1. The predicted molar refractivity (Wildman–Crippen MR) is 103 cm³/mol. The Kier molecular flexibility index (Phi) is 6.02. The summed E-state index contributed by atoms with van der Waals surface area (Å²) in [6.45, 7) is 4.96. The molecule has 1 aromatic heterocycles. The third-order valence-electron chi connectivity index (χ3n) is 4.45. The van der Waals surface area contributed by atoms with Crippen molar-refractivity contribution in [3.05, 3.63) is 40.4 Å². The number of nitrogens with one attached hydrogen (secondary N) is 1. The first kappa shape index (κ1) is 17.9. The Morgan fingerprint density at radius 2 is 2.08 bits per heavy atom. The number of hydrogen-bond donors (Lipinski definition) is 1. The van der Waals surface area contributed by atoms with Crippen molar-refractivity contribution in [2.75, 3.05) is 6.61 Å². The van der Waals surface area contributed by atoms with E-state index in [2.05, 4.69) is 29.1 Å². The Morgan fingerprint density at radius 3 is 2.84 bits per heavy atom. The Labute approximate surface area is 154 Å². The van der Waals surface area contributed by atoms with Gasteiger partial charge in [-0.05, 0) is 43.1 Å². The number of aromatic nitrogens is 3. The van der Waals surface area contributed by atoms with E-state index in [-0.39, 0.29) is 0 Å². The zero-order valence-corrected chi connectivity index (χ0v) is 15.8. The minimum atomic E-state index is 0.436. The van der Waals surface area contributed by atoms with E-state index in [0.29, 0.717) is 23.2 Å². The van der Waals surface area contributed by atoms with Crippen LogP contribution >= 0.6 is 12.2 Å². The third-order valence-corrected chi connectivity index (χ3v) is 4.71. The smallest absolute Gasteiger partial charge is 0.216 e.